The van der Waals surface area contributed by atoms with Crippen LogP contribution in [-0.4, -0.2) is 41.6 Å². The number of nitrogens with one attached hydrogen (secondary N) is 3. The van der Waals surface area contributed by atoms with Crippen molar-refractivity contribution in [2.24, 2.45) is 0 Å². The first kappa shape index (κ1) is 27.9. The van der Waals surface area contributed by atoms with E-state index in [4.69, 9.17) is 11.6 Å². The molecule has 4 rings (SSSR count). The fraction of sp³-hybridized carbons (Fsp3) is 0.385. The van der Waals surface area contributed by atoms with Gasteiger partial charge >= 0.3 is 0 Å². The van der Waals surface area contributed by atoms with Gasteiger partial charge in [-0.05, 0) is 55.2 Å². The van der Waals surface area contributed by atoms with Crippen molar-refractivity contribution >= 4 is 41.4 Å². The number of anilines is 1. The lowest BCUT2D eigenvalue weighted by molar-refractivity contribution is -0.136. The molecule has 1 unspecified atom stereocenters. The Morgan fingerprint density at radius 3 is 2.51 bits per heavy atom. The first-order valence-electron chi connectivity index (χ1n) is 11.8. The minimum Gasteiger partial charge on any atom is -0.385 e. The Labute approximate surface area is 211 Å². The van der Waals surface area contributed by atoms with E-state index in [1.54, 1.807) is 12.1 Å². The first-order valence-corrected chi connectivity index (χ1v) is 12.1. The van der Waals surface area contributed by atoms with Crippen molar-refractivity contribution in [2.45, 2.75) is 59.7 Å². The van der Waals surface area contributed by atoms with Gasteiger partial charge in [0.25, 0.3) is 5.91 Å². The van der Waals surface area contributed by atoms with Crippen LogP contribution in [0.4, 0.5) is 5.69 Å². The summed E-state index contributed by atoms with van der Waals surface area (Å²) < 4.78 is 0. The lowest BCUT2D eigenvalue weighted by Crippen LogP contribution is -2.52. The molecule has 4 amide bonds. The quantitative estimate of drug-likeness (QED) is 0.413. The molecule has 2 aliphatic heterocycles. The monoisotopic (exact) mass is 500 g/mol. The molecule has 2 aliphatic rings. The highest BCUT2D eigenvalue weighted by atomic mass is 35.5. The Hall–Kier alpha value is -3.39. The third kappa shape index (κ3) is 7.29. The zero-order chi connectivity index (χ0) is 26.0. The highest BCUT2D eigenvalue weighted by Crippen LogP contribution is 2.28. The number of benzene rings is 2. The molecule has 0 saturated carbocycles. The summed E-state index contributed by atoms with van der Waals surface area (Å²) in [6.07, 6.45) is 1.21. The van der Waals surface area contributed by atoms with Gasteiger partial charge in [-0.2, -0.15) is 0 Å². The zero-order valence-corrected chi connectivity index (χ0v) is 21.4. The van der Waals surface area contributed by atoms with E-state index in [0.717, 1.165) is 33.9 Å². The lowest BCUT2D eigenvalue weighted by Gasteiger charge is -2.29. The summed E-state index contributed by atoms with van der Waals surface area (Å²) in [7, 11) is 0. The zero-order valence-electron chi connectivity index (χ0n) is 20.6. The maximum absolute atomic E-state index is 12.4. The number of piperidine rings is 1. The van der Waals surface area contributed by atoms with Crippen LogP contribution in [0.15, 0.2) is 36.4 Å². The van der Waals surface area contributed by atoms with Gasteiger partial charge in [0.15, 0.2) is 0 Å². The van der Waals surface area contributed by atoms with Crippen LogP contribution >= 0.6 is 11.6 Å². The third-order valence-corrected chi connectivity index (χ3v) is 5.94. The predicted molar refractivity (Wildman–Crippen MR) is 137 cm³/mol. The molecule has 1 fully saturated rings. The smallest absolute Gasteiger partial charge is 0.255 e. The summed E-state index contributed by atoms with van der Waals surface area (Å²) in [6, 6.07) is 10.7. The Kier molecular flexibility index (Phi) is 10.7. The maximum Gasteiger partial charge on any atom is 0.255 e. The summed E-state index contributed by atoms with van der Waals surface area (Å²) >= 11 is 5.91. The molecule has 0 radical (unpaired) electrons. The van der Waals surface area contributed by atoms with Crippen LogP contribution in [0, 0.1) is 6.92 Å². The van der Waals surface area contributed by atoms with E-state index >= 15 is 0 Å². The number of hydrogen-bond donors (Lipinski definition) is 3. The number of aryl methyl sites for hydroxylation is 1. The van der Waals surface area contributed by atoms with Gasteiger partial charge in [-0.3, -0.25) is 24.5 Å². The van der Waals surface area contributed by atoms with Crippen LogP contribution in [-0.2, 0) is 27.5 Å². The van der Waals surface area contributed by atoms with Crippen molar-refractivity contribution in [1.82, 2.24) is 15.5 Å². The molecule has 2 aromatic carbocycles. The van der Waals surface area contributed by atoms with Crippen molar-refractivity contribution in [1.29, 1.82) is 0 Å². The molecular weight excluding hydrogens is 468 g/mol. The largest absolute Gasteiger partial charge is 0.385 e. The average molecular weight is 501 g/mol. The summed E-state index contributed by atoms with van der Waals surface area (Å²) in [5.74, 6) is -0.910. The predicted octanol–water partition coefficient (Wildman–Crippen LogP) is 3.80. The molecule has 0 aliphatic carbocycles. The van der Waals surface area contributed by atoms with Crippen LogP contribution in [0.1, 0.15) is 60.7 Å². The number of halogens is 1. The van der Waals surface area contributed by atoms with E-state index < -0.39 is 11.9 Å². The van der Waals surface area contributed by atoms with Gasteiger partial charge in [0.2, 0.25) is 18.2 Å². The number of carbonyl (C=O) groups is 4. The molecule has 2 heterocycles. The van der Waals surface area contributed by atoms with Crippen molar-refractivity contribution in [3.05, 3.63) is 63.7 Å². The third-order valence-electron chi connectivity index (χ3n) is 5.53. The van der Waals surface area contributed by atoms with Crippen molar-refractivity contribution in [3.8, 4) is 0 Å². The molecule has 0 aromatic heterocycles. The molecule has 3 N–H and O–H groups in total. The van der Waals surface area contributed by atoms with Gasteiger partial charge in [0, 0.05) is 42.3 Å². The molecule has 0 bridgehead atoms. The first-order chi connectivity index (χ1) is 16.8. The Morgan fingerprint density at radius 2 is 1.89 bits per heavy atom. The number of rotatable bonds is 6. The highest BCUT2D eigenvalue weighted by molar-refractivity contribution is 6.31. The van der Waals surface area contributed by atoms with Gasteiger partial charge in [-0.25, -0.2) is 0 Å². The molecule has 0 spiro atoms. The number of amides is 4. The van der Waals surface area contributed by atoms with Gasteiger partial charge < -0.3 is 15.5 Å². The summed E-state index contributed by atoms with van der Waals surface area (Å²) in [5.41, 5.74) is 4.50. The van der Waals surface area contributed by atoms with Gasteiger partial charge in [-0.1, -0.05) is 43.6 Å². The fourth-order valence-electron chi connectivity index (χ4n) is 3.80. The molecule has 9 heteroatoms. The van der Waals surface area contributed by atoms with Gasteiger partial charge in [-0.15, -0.1) is 0 Å². The molecule has 188 valence electrons. The van der Waals surface area contributed by atoms with E-state index in [-0.39, 0.29) is 18.2 Å². The molecule has 8 nitrogen and oxygen atoms in total. The Bertz CT molecular complexity index is 1070. The van der Waals surface area contributed by atoms with E-state index in [1.807, 2.05) is 45.0 Å². The van der Waals surface area contributed by atoms with E-state index in [9.17, 15) is 19.2 Å². The molecule has 2 aromatic rings. The molecule has 1 atom stereocenters. The topological polar surface area (TPSA) is 108 Å². The Balaban J connectivity index is 0.000000280. The number of imide groups is 1. The molecule has 35 heavy (non-hydrogen) atoms. The number of fused-ring (bicyclic) bond motifs is 1. The minimum atomic E-state index is -0.603. The van der Waals surface area contributed by atoms with Crippen LogP contribution in [0.25, 0.3) is 0 Å². The van der Waals surface area contributed by atoms with Crippen LogP contribution in [0.5, 0.6) is 0 Å². The van der Waals surface area contributed by atoms with Crippen molar-refractivity contribution in [2.75, 3.05) is 11.9 Å². The standard InChI is InChI=1S/C15H15N3O4.C9H12ClN.C2H6/c19-8-16-6-9-1-2-11-10(5-9)7-18(15(11)22)12-3-4-13(20)17-14(12)21;1-3-11-8-5-4-7(2)9(10)6-8;1-2/h1-2,5,8,12H,3-4,6-7H2,(H,16,19)(H,17,20,21);4-6,11H,3H2,1-2H3;1-2H3. The second-order valence-corrected chi connectivity index (χ2v) is 8.29. The van der Waals surface area contributed by atoms with Crippen LogP contribution in [0.3, 0.4) is 0 Å². The maximum atomic E-state index is 12.4. The summed E-state index contributed by atoms with van der Waals surface area (Å²) in [5, 5.41) is 8.86. The second kappa shape index (κ2) is 13.5. The Morgan fingerprint density at radius 1 is 1.14 bits per heavy atom. The van der Waals surface area contributed by atoms with Crippen LogP contribution in [0.2, 0.25) is 5.02 Å². The van der Waals surface area contributed by atoms with Crippen LogP contribution < -0.4 is 16.0 Å². The minimum absolute atomic E-state index is 0.195. The SMILES string of the molecule is CC.CCNc1ccc(C)c(Cl)c1.O=CNCc1ccc2c(c1)CN(C1CCC(=O)NC1=O)C2=O. The normalized spacial score (nSPS) is 16.2. The van der Waals surface area contributed by atoms with Crippen molar-refractivity contribution < 1.29 is 19.2 Å². The average Bonchev–Trinajstić information content (AvgIpc) is 3.17. The summed E-state index contributed by atoms with van der Waals surface area (Å²) in [4.78, 5) is 47.4. The number of hydrogen-bond acceptors (Lipinski definition) is 5. The van der Waals surface area contributed by atoms with Gasteiger partial charge in [0.1, 0.15) is 6.04 Å². The highest BCUT2D eigenvalue weighted by Gasteiger charge is 2.38. The lowest BCUT2D eigenvalue weighted by atomic mass is 10.0. The van der Waals surface area contributed by atoms with E-state index in [0.29, 0.717) is 31.5 Å². The second-order valence-electron chi connectivity index (χ2n) is 7.88. The van der Waals surface area contributed by atoms with E-state index in [2.05, 4.69) is 22.9 Å². The summed E-state index contributed by atoms with van der Waals surface area (Å²) in [6.45, 7) is 9.73. The number of carbonyl (C=O) groups excluding carboxylic acids is 4. The molecule has 1 saturated heterocycles. The fourth-order valence-corrected chi connectivity index (χ4v) is 3.98. The van der Waals surface area contributed by atoms with E-state index in [1.165, 1.54) is 4.90 Å². The van der Waals surface area contributed by atoms with Gasteiger partial charge in [0.05, 0.1) is 0 Å². The van der Waals surface area contributed by atoms with Crippen molar-refractivity contribution in [3.63, 3.8) is 0 Å². The molecular formula is C26H33ClN4O4. The number of nitrogens with zero attached hydrogens (tertiary/aromatic N) is 1.